The average Bonchev–Trinajstić information content (AvgIpc) is 2.28. The molecular weight excluding hydrogens is 239 g/mol. The Morgan fingerprint density at radius 1 is 0.750 bits per heavy atom. The van der Waals surface area contributed by atoms with Gasteiger partial charge in [-0.3, -0.25) is 0 Å². The van der Waals surface area contributed by atoms with Crippen molar-refractivity contribution in [3.8, 4) is 0 Å². The third kappa shape index (κ3) is 12.8. The van der Waals surface area contributed by atoms with Gasteiger partial charge in [-0.2, -0.15) is 0 Å². The van der Waals surface area contributed by atoms with Gasteiger partial charge in [0.2, 0.25) is 7.58 Å². The maximum Gasteiger partial charge on any atom is 0.234 e. The maximum atomic E-state index is 5.50. The van der Waals surface area contributed by atoms with Gasteiger partial charge in [0.05, 0.1) is 13.2 Å². The lowest BCUT2D eigenvalue weighted by Crippen LogP contribution is -1.92. The molecule has 0 heterocycles. The van der Waals surface area contributed by atoms with E-state index in [1.165, 1.54) is 38.5 Å². The Morgan fingerprint density at radius 2 is 1.19 bits per heavy atom. The van der Waals surface area contributed by atoms with Crippen LogP contribution in [0.1, 0.15) is 65.2 Å². The second-order valence-electron chi connectivity index (χ2n) is 4.03. The molecule has 0 bridgehead atoms. The summed E-state index contributed by atoms with van der Waals surface area (Å²) in [6.07, 6.45) is 9.90. The second-order valence-corrected chi connectivity index (χ2v) is 6.00. The highest BCUT2D eigenvalue weighted by Crippen LogP contribution is 2.43. The van der Waals surface area contributed by atoms with Crippen LogP contribution in [-0.2, 0) is 9.05 Å². The quantitative estimate of drug-likeness (QED) is 0.292. The van der Waals surface area contributed by atoms with Gasteiger partial charge in [0, 0.05) is 0 Å². The second kappa shape index (κ2) is 13.8. The Balaban J connectivity index is 3.09. The highest BCUT2D eigenvalue weighted by atomic mass is 32.7. The number of rotatable bonds is 12. The van der Waals surface area contributed by atoms with Crippen LogP contribution in [0, 0.1) is 0 Å². The highest BCUT2D eigenvalue weighted by Gasteiger charge is 2.03. The van der Waals surface area contributed by atoms with Gasteiger partial charge in [0.1, 0.15) is 0 Å². The number of thiol groups is 1. The smallest absolute Gasteiger partial charge is 0.234 e. The lowest BCUT2D eigenvalue weighted by molar-refractivity contribution is 0.252. The molecule has 0 aliphatic carbocycles. The molecule has 0 aromatic carbocycles. The van der Waals surface area contributed by atoms with E-state index in [9.17, 15) is 0 Å². The molecule has 0 unspecified atom stereocenters. The first-order valence-electron chi connectivity index (χ1n) is 6.56. The summed E-state index contributed by atoms with van der Waals surface area (Å²) >= 11 is 4.30. The van der Waals surface area contributed by atoms with Crippen molar-refractivity contribution in [1.29, 1.82) is 0 Å². The van der Waals surface area contributed by atoms with Gasteiger partial charge < -0.3 is 9.05 Å². The van der Waals surface area contributed by atoms with E-state index >= 15 is 0 Å². The molecule has 0 aromatic rings. The molecule has 0 fully saturated rings. The van der Waals surface area contributed by atoms with Crippen molar-refractivity contribution in [2.75, 3.05) is 13.2 Å². The molecule has 0 aliphatic rings. The Hall–Kier alpha value is 0.700. The van der Waals surface area contributed by atoms with Gasteiger partial charge in [-0.1, -0.05) is 64.6 Å². The topological polar surface area (TPSA) is 18.5 Å². The molecular formula is C12H27O2PS. The predicted molar refractivity (Wildman–Crippen MR) is 76.1 cm³/mol. The van der Waals surface area contributed by atoms with Crippen LogP contribution in [0.15, 0.2) is 0 Å². The van der Waals surface area contributed by atoms with E-state index in [0.29, 0.717) is 0 Å². The van der Waals surface area contributed by atoms with Crippen LogP contribution in [0.25, 0.3) is 0 Å². The summed E-state index contributed by atoms with van der Waals surface area (Å²) in [6, 6.07) is 0. The SMILES string of the molecule is CCCCCCOP(S)OCCCCCC. The molecule has 0 N–H and O–H groups in total. The first-order valence-corrected chi connectivity index (χ1v) is 8.89. The number of unbranched alkanes of at least 4 members (excludes halogenated alkanes) is 6. The van der Waals surface area contributed by atoms with Gasteiger partial charge in [0.25, 0.3) is 0 Å². The Labute approximate surface area is 108 Å². The Morgan fingerprint density at radius 3 is 1.56 bits per heavy atom. The largest absolute Gasteiger partial charge is 0.326 e. The van der Waals surface area contributed by atoms with Gasteiger partial charge in [-0.05, 0) is 12.8 Å². The lowest BCUT2D eigenvalue weighted by atomic mass is 10.2. The normalized spacial score (nSPS) is 11.2. The lowest BCUT2D eigenvalue weighted by Gasteiger charge is -2.11. The van der Waals surface area contributed by atoms with E-state index in [0.717, 1.165) is 26.1 Å². The fraction of sp³-hybridized carbons (Fsp3) is 1.00. The van der Waals surface area contributed by atoms with E-state index in [2.05, 4.69) is 26.1 Å². The van der Waals surface area contributed by atoms with E-state index < -0.39 is 7.58 Å². The molecule has 0 spiro atoms. The van der Waals surface area contributed by atoms with Crippen LogP contribution in [0.2, 0.25) is 0 Å². The molecule has 0 rings (SSSR count). The summed E-state index contributed by atoms with van der Waals surface area (Å²) < 4.78 is 11.0. The molecule has 0 aromatic heterocycles. The van der Waals surface area contributed by atoms with Gasteiger partial charge in [-0.15, -0.1) is 0 Å². The molecule has 16 heavy (non-hydrogen) atoms. The van der Waals surface area contributed by atoms with Crippen molar-refractivity contribution in [1.82, 2.24) is 0 Å². The van der Waals surface area contributed by atoms with Gasteiger partial charge in [-0.25, -0.2) is 0 Å². The van der Waals surface area contributed by atoms with Gasteiger partial charge >= 0.3 is 0 Å². The summed E-state index contributed by atoms with van der Waals surface area (Å²) in [7, 11) is -0.928. The zero-order valence-corrected chi connectivity index (χ0v) is 12.6. The van der Waals surface area contributed by atoms with Crippen LogP contribution in [0.5, 0.6) is 0 Å². The van der Waals surface area contributed by atoms with Gasteiger partial charge in [0.15, 0.2) is 0 Å². The third-order valence-electron chi connectivity index (χ3n) is 2.40. The molecule has 0 amide bonds. The summed E-state index contributed by atoms with van der Waals surface area (Å²) in [5, 5.41) is 0. The Kier molecular flexibility index (Phi) is 14.4. The summed E-state index contributed by atoms with van der Waals surface area (Å²) in [5.74, 6) is 0. The molecule has 0 aliphatic heterocycles. The van der Waals surface area contributed by atoms with Crippen molar-refractivity contribution in [3.63, 3.8) is 0 Å². The number of hydrogen-bond acceptors (Lipinski definition) is 3. The minimum absolute atomic E-state index is 0.796. The van der Waals surface area contributed by atoms with Crippen LogP contribution >= 0.6 is 19.8 Å². The van der Waals surface area contributed by atoms with E-state index in [1.807, 2.05) is 0 Å². The Bertz CT molecular complexity index is 122. The summed E-state index contributed by atoms with van der Waals surface area (Å²) in [4.78, 5) is 0. The van der Waals surface area contributed by atoms with E-state index in [-0.39, 0.29) is 0 Å². The minimum Gasteiger partial charge on any atom is -0.326 e. The van der Waals surface area contributed by atoms with E-state index in [1.54, 1.807) is 0 Å². The average molecular weight is 266 g/mol. The molecule has 0 saturated heterocycles. The highest BCUT2D eigenvalue weighted by molar-refractivity contribution is 8.41. The maximum absolute atomic E-state index is 5.50. The zero-order valence-electron chi connectivity index (χ0n) is 10.8. The standard InChI is InChI=1S/C12H27O2PS/c1-3-5-7-9-11-13-15(16)14-12-10-8-6-4-2/h16H,3-12H2,1-2H3. The van der Waals surface area contributed by atoms with Crippen molar-refractivity contribution < 1.29 is 9.05 Å². The molecule has 4 heteroatoms. The fourth-order valence-corrected chi connectivity index (χ4v) is 2.52. The van der Waals surface area contributed by atoms with Crippen molar-refractivity contribution in [2.24, 2.45) is 0 Å². The molecule has 0 saturated carbocycles. The predicted octanol–water partition coefficient (Wildman–Crippen LogP) is 5.34. The molecule has 0 atom stereocenters. The molecule has 0 radical (unpaired) electrons. The third-order valence-corrected chi connectivity index (χ3v) is 3.90. The minimum atomic E-state index is -0.928. The first kappa shape index (κ1) is 16.7. The zero-order chi connectivity index (χ0) is 12.1. The van der Waals surface area contributed by atoms with Crippen molar-refractivity contribution >= 4 is 19.8 Å². The van der Waals surface area contributed by atoms with Crippen molar-refractivity contribution in [3.05, 3.63) is 0 Å². The monoisotopic (exact) mass is 266 g/mol. The van der Waals surface area contributed by atoms with E-state index in [4.69, 9.17) is 9.05 Å². The van der Waals surface area contributed by atoms with Crippen LogP contribution < -0.4 is 0 Å². The van der Waals surface area contributed by atoms with Crippen LogP contribution in [0.4, 0.5) is 0 Å². The summed E-state index contributed by atoms with van der Waals surface area (Å²) in [6.45, 7) is 6.02. The fourth-order valence-electron chi connectivity index (χ4n) is 1.38. The van der Waals surface area contributed by atoms with Crippen molar-refractivity contribution in [2.45, 2.75) is 65.2 Å². The summed E-state index contributed by atoms with van der Waals surface area (Å²) in [5.41, 5.74) is 0. The first-order chi connectivity index (χ1) is 7.81. The number of hydrogen-bond donors (Lipinski definition) is 1. The van der Waals surface area contributed by atoms with Crippen LogP contribution in [-0.4, -0.2) is 13.2 Å². The molecule has 98 valence electrons. The van der Waals surface area contributed by atoms with Crippen LogP contribution in [0.3, 0.4) is 0 Å². The molecule has 2 nitrogen and oxygen atoms in total.